The van der Waals surface area contributed by atoms with Crippen LogP contribution in [0.25, 0.3) is 10.9 Å². The second-order valence-corrected chi connectivity index (χ2v) is 4.44. The first-order valence-corrected chi connectivity index (χ1v) is 6.14. The van der Waals surface area contributed by atoms with E-state index in [1.807, 2.05) is 12.1 Å². The van der Waals surface area contributed by atoms with Gasteiger partial charge in [-0.2, -0.15) is 0 Å². The lowest BCUT2D eigenvalue weighted by atomic mass is 10.1. The predicted octanol–water partition coefficient (Wildman–Crippen LogP) is 0.293. The quantitative estimate of drug-likeness (QED) is 0.729. The zero-order valence-corrected chi connectivity index (χ0v) is 10.9. The molecule has 0 aliphatic rings. The number of aliphatic carboxylic acids is 1. The molecule has 0 aliphatic heterocycles. The number of rotatable bonds is 5. The lowest BCUT2D eigenvalue weighted by Gasteiger charge is -2.13. The lowest BCUT2D eigenvalue weighted by molar-refractivity contribution is -0.139. The number of pyridine rings is 1. The summed E-state index contributed by atoms with van der Waals surface area (Å²) < 4.78 is 0. The summed E-state index contributed by atoms with van der Waals surface area (Å²) in [6, 6.07) is 7.57. The molecule has 2 amide bonds. The molecule has 0 unspecified atom stereocenters. The monoisotopic (exact) mass is 287 g/mol. The molecule has 7 nitrogen and oxygen atoms in total. The Hall–Kier alpha value is -2.96. The highest BCUT2D eigenvalue weighted by Gasteiger charge is 2.22. The smallest absolute Gasteiger partial charge is 0.305 e. The number of aromatic nitrogens is 1. The van der Waals surface area contributed by atoms with Crippen LogP contribution in [0, 0.1) is 0 Å². The zero-order chi connectivity index (χ0) is 15.4. The van der Waals surface area contributed by atoms with Gasteiger partial charge in [-0.1, -0.05) is 18.2 Å². The Kier molecular flexibility index (Phi) is 4.13. The number of nitrogens with one attached hydrogen (secondary N) is 1. The van der Waals surface area contributed by atoms with Gasteiger partial charge in [0.2, 0.25) is 5.91 Å². The minimum Gasteiger partial charge on any atom is -0.481 e. The highest BCUT2D eigenvalue weighted by molar-refractivity contribution is 6.00. The number of primary amides is 1. The Morgan fingerprint density at radius 1 is 1.29 bits per heavy atom. The molecule has 0 fully saturated rings. The van der Waals surface area contributed by atoms with Crippen molar-refractivity contribution in [1.29, 1.82) is 0 Å². The number of carbonyl (C=O) groups is 3. The van der Waals surface area contributed by atoms with Crippen LogP contribution in [0.4, 0.5) is 0 Å². The minimum atomic E-state index is -1.26. The molecule has 0 bridgehead atoms. The molecule has 0 aliphatic carbocycles. The van der Waals surface area contributed by atoms with Crippen LogP contribution < -0.4 is 11.1 Å². The maximum atomic E-state index is 12.0. The van der Waals surface area contributed by atoms with Gasteiger partial charge in [0, 0.05) is 11.6 Å². The molecule has 0 saturated carbocycles. The van der Waals surface area contributed by atoms with Crippen LogP contribution in [0.2, 0.25) is 0 Å². The van der Waals surface area contributed by atoms with Crippen LogP contribution in [0.5, 0.6) is 0 Å². The topological polar surface area (TPSA) is 122 Å². The molecule has 2 aromatic rings. The third-order valence-corrected chi connectivity index (χ3v) is 2.88. The van der Waals surface area contributed by atoms with Gasteiger partial charge < -0.3 is 16.2 Å². The summed E-state index contributed by atoms with van der Waals surface area (Å²) in [6.07, 6.45) is 0.790. The normalized spacial score (nSPS) is 11.8. The van der Waals surface area contributed by atoms with Gasteiger partial charge in [0.15, 0.2) is 0 Å². The maximum Gasteiger partial charge on any atom is 0.305 e. The Labute approximate surface area is 119 Å². The first kappa shape index (κ1) is 14.4. The van der Waals surface area contributed by atoms with Gasteiger partial charge in [0.05, 0.1) is 17.5 Å². The van der Waals surface area contributed by atoms with E-state index in [1.165, 1.54) is 6.20 Å². The number of nitrogens with zero attached hydrogens (tertiary/aromatic N) is 1. The Bertz CT molecular complexity index is 714. The van der Waals surface area contributed by atoms with Crippen molar-refractivity contribution < 1.29 is 19.5 Å². The Morgan fingerprint density at radius 3 is 2.67 bits per heavy atom. The molecular formula is C14H13N3O4. The molecule has 108 valence electrons. The van der Waals surface area contributed by atoms with Crippen molar-refractivity contribution in [2.75, 3.05) is 0 Å². The number of fused-ring (bicyclic) bond motifs is 1. The fourth-order valence-electron chi connectivity index (χ4n) is 1.83. The first-order chi connectivity index (χ1) is 9.97. The van der Waals surface area contributed by atoms with Gasteiger partial charge in [0.25, 0.3) is 5.91 Å². The molecule has 21 heavy (non-hydrogen) atoms. The minimum absolute atomic E-state index is 0.227. The molecule has 4 N–H and O–H groups in total. The van der Waals surface area contributed by atoms with Crippen molar-refractivity contribution in [2.24, 2.45) is 5.73 Å². The van der Waals surface area contributed by atoms with E-state index in [2.05, 4.69) is 10.3 Å². The average Bonchev–Trinajstić information content (AvgIpc) is 2.45. The van der Waals surface area contributed by atoms with E-state index in [-0.39, 0.29) is 5.56 Å². The van der Waals surface area contributed by atoms with Crippen LogP contribution in [0.15, 0.2) is 36.5 Å². The molecule has 2 rings (SSSR count). The van der Waals surface area contributed by atoms with Crippen LogP contribution in [-0.4, -0.2) is 33.9 Å². The van der Waals surface area contributed by atoms with E-state index in [0.717, 1.165) is 10.9 Å². The molecule has 1 aromatic carbocycles. The molecule has 0 radical (unpaired) electrons. The number of para-hydroxylation sites is 1. The molecular weight excluding hydrogens is 274 g/mol. The van der Waals surface area contributed by atoms with E-state index in [9.17, 15) is 14.4 Å². The first-order valence-electron chi connectivity index (χ1n) is 6.14. The van der Waals surface area contributed by atoms with Gasteiger partial charge in [-0.25, -0.2) is 0 Å². The van der Waals surface area contributed by atoms with Crippen molar-refractivity contribution in [3.05, 3.63) is 42.1 Å². The molecule has 0 spiro atoms. The Morgan fingerprint density at radius 2 is 2.00 bits per heavy atom. The number of nitrogens with two attached hydrogens (primary N) is 1. The second-order valence-electron chi connectivity index (χ2n) is 4.44. The summed E-state index contributed by atoms with van der Waals surface area (Å²) in [7, 11) is 0. The summed E-state index contributed by atoms with van der Waals surface area (Å²) >= 11 is 0. The van der Waals surface area contributed by atoms with Gasteiger partial charge in [-0.05, 0) is 12.1 Å². The van der Waals surface area contributed by atoms with Crippen molar-refractivity contribution in [2.45, 2.75) is 12.5 Å². The van der Waals surface area contributed by atoms with Crippen LogP contribution in [0.3, 0.4) is 0 Å². The molecule has 1 atom stereocenters. The lowest BCUT2D eigenvalue weighted by Crippen LogP contribution is -2.45. The van der Waals surface area contributed by atoms with E-state index < -0.39 is 30.2 Å². The van der Waals surface area contributed by atoms with Gasteiger partial charge in [-0.3, -0.25) is 19.4 Å². The fraction of sp³-hybridized carbons (Fsp3) is 0.143. The van der Waals surface area contributed by atoms with E-state index >= 15 is 0 Å². The molecule has 0 saturated heterocycles. The number of carboxylic acid groups (broad SMARTS) is 1. The van der Waals surface area contributed by atoms with Crippen molar-refractivity contribution in [3.8, 4) is 0 Å². The predicted molar refractivity (Wildman–Crippen MR) is 74.4 cm³/mol. The number of hydrogen-bond acceptors (Lipinski definition) is 4. The van der Waals surface area contributed by atoms with Gasteiger partial charge in [-0.15, -0.1) is 0 Å². The fourth-order valence-corrected chi connectivity index (χ4v) is 1.83. The third kappa shape index (κ3) is 3.53. The van der Waals surface area contributed by atoms with Gasteiger partial charge in [0.1, 0.15) is 6.04 Å². The van der Waals surface area contributed by atoms with Crippen molar-refractivity contribution >= 4 is 28.7 Å². The number of benzene rings is 1. The van der Waals surface area contributed by atoms with E-state index in [1.54, 1.807) is 18.2 Å². The highest BCUT2D eigenvalue weighted by Crippen LogP contribution is 2.12. The Balaban J connectivity index is 2.20. The number of carboxylic acids is 1. The number of amides is 2. The van der Waals surface area contributed by atoms with Gasteiger partial charge >= 0.3 is 5.97 Å². The molecule has 1 aromatic heterocycles. The summed E-state index contributed by atoms with van der Waals surface area (Å²) in [6.45, 7) is 0. The average molecular weight is 287 g/mol. The zero-order valence-electron chi connectivity index (χ0n) is 10.9. The number of carbonyl (C=O) groups excluding carboxylic acids is 2. The molecule has 1 heterocycles. The van der Waals surface area contributed by atoms with Crippen molar-refractivity contribution in [3.63, 3.8) is 0 Å². The van der Waals surface area contributed by atoms with Crippen LogP contribution in [0.1, 0.15) is 16.8 Å². The standard InChI is InChI=1S/C14H13N3O4/c15-13(20)11(6-12(18)19)17-14(21)9-5-8-3-1-2-4-10(8)16-7-9/h1-5,7,11H,6H2,(H2,15,20)(H,17,21)(H,18,19)/t11-/m1/s1. The summed E-state index contributed by atoms with van der Waals surface area (Å²) in [4.78, 5) is 37.9. The highest BCUT2D eigenvalue weighted by atomic mass is 16.4. The maximum absolute atomic E-state index is 12.0. The van der Waals surface area contributed by atoms with E-state index in [4.69, 9.17) is 10.8 Å². The molecule has 7 heteroatoms. The largest absolute Gasteiger partial charge is 0.481 e. The summed E-state index contributed by atoms with van der Waals surface area (Å²) in [5, 5.41) is 11.7. The summed E-state index contributed by atoms with van der Waals surface area (Å²) in [5.74, 6) is -2.73. The van der Waals surface area contributed by atoms with Crippen LogP contribution >= 0.6 is 0 Å². The third-order valence-electron chi connectivity index (χ3n) is 2.88. The van der Waals surface area contributed by atoms with E-state index in [0.29, 0.717) is 0 Å². The number of hydrogen-bond donors (Lipinski definition) is 3. The second kappa shape index (κ2) is 6.00. The SMILES string of the molecule is NC(=O)[C@@H](CC(=O)O)NC(=O)c1cnc2ccccc2c1. The van der Waals surface area contributed by atoms with Crippen molar-refractivity contribution in [1.82, 2.24) is 10.3 Å². The summed E-state index contributed by atoms with van der Waals surface area (Å²) in [5.41, 5.74) is 6.02. The van der Waals surface area contributed by atoms with Crippen LogP contribution in [-0.2, 0) is 9.59 Å².